The number of nitrogens with zero attached hydrogens (tertiary/aromatic N) is 1. The summed E-state index contributed by atoms with van der Waals surface area (Å²) in [7, 11) is 0. The first-order valence-electron chi connectivity index (χ1n) is 7.50. The summed E-state index contributed by atoms with van der Waals surface area (Å²) in [5.74, 6) is -0.227. The molecule has 0 aromatic heterocycles. The minimum Gasteiger partial charge on any atom is -0.511 e. The molecule has 0 saturated carbocycles. The highest BCUT2D eigenvalue weighted by atomic mass is 16.5. The van der Waals surface area contributed by atoms with Gasteiger partial charge >= 0.3 is 6.09 Å². The lowest BCUT2D eigenvalue weighted by atomic mass is 9.81. The Balaban J connectivity index is 2.15. The minimum absolute atomic E-state index is 0.00186. The maximum Gasteiger partial charge on any atom is 0.427 e. The molecule has 0 fully saturated rings. The molecule has 1 unspecified atom stereocenters. The van der Waals surface area contributed by atoms with Crippen LogP contribution in [0.1, 0.15) is 38.2 Å². The molecule has 0 heterocycles. The highest BCUT2D eigenvalue weighted by Crippen LogP contribution is 2.33. The predicted molar refractivity (Wildman–Crippen MR) is 86.3 cm³/mol. The van der Waals surface area contributed by atoms with Gasteiger partial charge in [-0.2, -0.15) is 5.10 Å². The van der Waals surface area contributed by atoms with Gasteiger partial charge in [0.1, 0.15) is 5.76 Å². The van der Waals surface area contributed by atoms with Crippen LogP contribution in [0, 0.1) is 0 Å². The zero-order valence-corrected chi connectivity index (χ0v) is 13.2. The van der Waals surface area contributed by atoms with Gasteiger partial charge in [-0.3, -0.25) is 4.79 Å². The summed E-state index contributed by atoms with van der Waals surface area (Å²) in [5, 5.41) is 14.1. The summed E-state index contributed by atoms with van der Waals surface area (Å²) in [6, 6.07) is 9.62. The molecule has 2 N–H and O–H groups in total. The van der Waals surface area contributed by atoms with Gasteiger partial charge < -0.3 is 9.84 Å². The fourth-order valence-corrected chi connectivity index (χ4v) is 2.61. The number of ketones is 1. The van der Waals surface area contributed by atoms with Gasteiger partial charge in [0.05, 0.1) is 17.9 Å². The third-order valence-corrected chi connectivity index (χ3v) is 3.66. The minimum atomic E-state index is -0.697. The number of carbonyl (C=O) groups excluding carboxylic acids is 2. The quantitative estimate of drug-likeness (QED) is 0.660. The molecule has 23 heavy (non-hydrogen) atoms. The number of carbonyl (C=O) groups is 2. The number of aliphatic hydroxyl groups is 1. The van der Waals surface area contributed by atoms with Crippen LogP contribution in [0.15, 0.2) is 46.8 Å². The smallest absolute Gasteiger partial charge is 0.427 e. The van der Waals surface area contributed by atoms with E-state index in [0.29, 0.717) is 12.8 Å². The van der Waals surface area contributed by atoms with Crippen molar-refractivity contribution in [1.82, 2.24) is 5.43 Å². The van der Waals surface area contributed by atoms with Gasteiger partial charge in [-0.25, -0.2) is 10.2 Å². The first-order chi connectivity index (χ1) is 11.0. The van der Waals surface area contributed by atoms with Crippen molar-refractivity contribution in [2.75, 3.05) is 6.61 Å². The Kier molecular flexibility index (Phi) is 5.51. The number of rotatable bonds is 4. The van der Waals surface area contributed by atoms with E-state index in [-0.39, 0.29) is 35.4 Å². The molecule has 0 saturated heterocycles. The van der Waals surface area contributed by atoms with Gasteiger partial charge in [0.2, 0.25) is 0 Å². The van der Waals surface area contributed by atoms with Crippen molar-refractivity contribution < 1.29 is 19.4 Å². The van der Waals surface area contributed by atoms with Crippen LogP contribution >= 0.6 is 0 Å². The lowest BCUT2D eigenvalue weighted by molar-refractivity contribution is -0.116. The SMILES string of the molecule is CCOC(=O)N/N=C(\C)C1=C(O)CC(c2ccccc2)CC1=O. The maximum atomic E-state index is 12.4. The molecule has 1 aromatic rings. The van der Waals surface area contributed by atoms with Gasteiger partial charge in [-0.05, 0) is 25.3 Å². The number of Topliss-reactive ketones (excluding diaryl/α,β-unsaturated/α-hetero) is 1. The van der Waals surface area contributed by atoms with Crippen molar-refractivity contribution in [3.63, 3.8) is 0 Å². The molecule has 1 aliphatic rings. The van der Waals surface area contributed by atoms with E-state index in [4.69, 9.17) is 0 Å². The van der Waals surface area contributed by atoms with Crippen LogP contribution in [0.4, 0.5) is 4.79 Å². The van der Waals surface area contributed by atoms with E-state index in [9.17, 15) is 14.7 Å². The van der Waals surface area contributed by atoms with Crippen LogP contribution in [0.5, 0.6) is 0 Å². The molecule has 0 spiro atoms. The van der Waals surface area contributed by atoms with Gasteiger partial charge in [0.25, 0.3) is 0 Å². The number of benzene rings is 1. The van der Waals surface area contributed by atoms with Crippen LogP contribution in [-0.4, -0.2) is 29.3 Å². The van der Waals surface area contributed by atoms with Crippen molar-refractivity contribution in [1.29, 1.82) is 0 Å². The monoisotopic (exact) mass is 316 g/mol. The van der Waals surface area contributed by atoms with Crippen LogP contribution in [0.3, 0.4) is 0 Å². The molecule has 6 nitrogen and oxygen atoms in total. The number of nitrogens with one attached hydrogen (secondary N) is 1. The second-order valence-corrected chi connectivity index (χ2v) is 5.29. The number of hydrazone groups is 1. The number of hydrogen-bond donors (Lipinski definition) is 2. The highest BCUT2D eigenvalue weighted by molar-refractivity contribution is 6.22. The zero-order valence-electron chi connectivity index (χ0n) is 13.2. The highest BCUT2D eigenvalue weighted by Gasteiger charge is 2.30. The van der Waals surface area contributed by atoms with Crippen molar-refractivity contribution in [3.05, 3.63) is 47.2 Å². The zero-order chi connectivity index (χ0) is 16.8. The van der Waals surface area contributed by atoms with Crippen LogP contribution < -0.4 is 5.43 Å². The van der Waals surface area contributed by atoms with E-state index in [1.54, 1.807) is 13.8 Å². The fraction of sp³-hybridized carbons (Fsp3) is 0.353. The van der Waals surface area contributed by atoms with E-state index < -0.39 is 6.09 Å². The lowest BCUT2D eigenvalue weighted by Crippen LogP contribution is -2.25. The van der Waals surface area contributed by atoms with Gasteiger partial charge in [-0.1, -0.05) is 30.3 Å². The van der Waals surface area contributed by atoms with Crippen LogP contribution in [0.2, 0.25) is 0 Å². The molecule has 122 valence electrons. The Labute approximate surface area is 134 Å². The summed E-state index contributed by atoms with van der Waals surface area (Å²) >= 11 is 0. The first-order valence-corrected chi connectivity index (χ1v) is 7.50. The lowest BCUT2D eigenvalue weighted by Gasteiger charge is -2.23. The number of ether oxygens (including phenoxy) is 1. The van der Waals surface area contributed by atoms with Crippen molar-refractivity contribution >= 4 is 17.6 Å². The van der Waals surface area contributed by atoms with Crippen molar-refractivity contribution in [2.45, 2.75) is 32.6 Å². The van der Waals surface area contributed by atoms with Crippen molar-refractivity contribution in [3.8, 4) is 0 Å². The Hall–Kier alpha value is -2.63. The molecular weight excluding hydrogens is 296 g/mol. The van der Waals surface area contributed by atoms with E-state index in [2.05, 4.69) is 15.3 Å². The van der Waals surface area contributed by atoms with E-state index in [0.717, 1.165) is 5.56 Å². The topological polar surface area (TPSA) is 88.0 Å². The molecule has 0 aliphatic heterocycles. The molecule has 1 aromatic carbocycles. The van der Waals surface area contributed by atoms with Gasteiger partial charge in [-0.15, -0.1) is 0 Å². The van der Waals surface area contributed by atoms with Crippen molar-refractivity contribution in [2.24, 2.45) is 5.10 Å². The summed E-state index contributed by atoms with van der Waals surface area (Å²) < 4.78 is 4.69. The largest absolute Gasteiger partial charge is 0.511 e. The third-order valence-electron chi connectivity index (χ3n) is 3.66. The molecule has 1 aliphatic carbocycles. The number of amides is 1. The fourth-order valence-electron chi connectivity index (χ4n) is 2.61. The van der Waals surface area contributed by atoms with Crippen LogP contribution in [-0.2, 0) is 9.53 Å². The molecular formula is C17H20N2O4. The molecule has 6 heteroatoms. The Morgan fingerprint density at radius 3 is 2.65 bits per heavy atom. The van der Waals surface area contributed by atoms with Crippen LogP contribution in [0.25, 0.3) is 0 Å². The first kappa shape index (κ1) is 16.7. The normalized spacial score (nSPS) is 18.8. The molecule has 2 rings (SSSR count). The van der Waals surface area contributed by atoms with E-state index in [1.165, 1.54) is 0 Å². The Bertz CT molecular complexity index is 650. The second kappa shape index (κ2) is 7.58. The number of aliphatic hydroxyl groups excluding tert-OH is 1. The second-order valence-electron chi connectivity index (χ2n) is 5.29. The number of allylic oxidation sites excluding steroid dienone is 2. The Morgan fingerprint density at radius 2 is 2.04 bits per heavy atom. The van der Waals surface area contributed by atoms with E-state index >= 15 is 0 Å². The van der Waals surface area contributed by atoms with E-state index in [1.807, 2.05) is 30.3 Å². The summed E-state index contributed by atoms with van der Waals surface area (Å²) in [5.41, 5.74) is 3.66. The molecule has 1 amide bonds. The number of hydrogen-bond acceptors (Lipinski definition) is 5. The Morgan fingerprint density at radius 1 is 1.35 bits per heavy atom. The molecule has 0 radical (unpaired) electrons. The van der Waals surface area contributed by atoms with Gasteiger partial charge in [0, 0.05) is 12.8 Å². The molecule has 0 bridgehead atoms. The van der Waals surface area contributed by atoms with Gasteiger partial charge in [0.15, 0.2) is 5.78 Å². The average molecular weight is 316 g/mol. The maximum absolute atomic E-state index is 12.4. The third kappa shape index (κ3) is 4.18. The average Bonchev–Trinajstić information content (AvgIpc) is 2.53. The summed E-state index contributed by atoms with van der Waals surface area (Å²) in [6.45, 7) is 3.48. The summed E-state index contributed by atoms with van der Waals surface area (Å²) in [4.78, 5) is 23.6. The molecule has 1 atom stereocenters. The standard InChI is InChI=1S/C17H20N2O4/c1-3-23-17(22)19-18-11(2)16-14(20)9-13(10-15(16)21)12-7-5-4-6-8-12/h4-8,13,20H,3,9-10H2,1-2H3,(H,19,22)/b18-11+. The predicted octanol–water partition coefficient (Wildman–Crippen LogP) is 3.07. The summed E-state index contributed by atoms with van der Waals surface area (Å²) in [6.07, 6.45) is -0.0233.